The Hall–Kier alpha value is -0.830. The molecule has 0 bridgehead atoms. The van der Waals surface area contributed by atoms with E-state index in [1.54, 1.807) is 0 Å². The fraction of sp³-hybridized carbons (Fsp3) is 0.769. The van der Waals surface area contributed by atoms with Gasteiger partial charge in [0, 0.05) is 19.5 Å². The van der Waals surface area contributed by atoms with Crippen molar-refractivity contribution in [1.29, 1.82) is 0 Å². The Morgan fingerprint density at radius 2 is 2.38 bits per heavy atom. The van der Waals surface area contributed by atoms with E-state index in [-0.39, 0.29) is 0 Å². The summed E-state index contributed by atoms with van der Waals surface area (Å²) in [7, 11) is 1.98. The standard InChI is InChI=1S/C13H22N2O/c1-14-9-12-6-7-15(10-12)13(16)8-11-4-2-3-5-11/h2,4,11-12,14H,3,5-10H2,1H3. The number of amides is 1. The van der Waals surface area contributed by atoms with Crippen molar-refractivity contribution >= 4 is 5.91 Å². The third-order valence-electron chi connectivity index (χ3n) is 3.68. The number of carbonyl (C=O) groups is 1. The molecule has 0 aromatic heterocycles. The summed E-state index contributed by atoms with van der Waals surface area (Å²) < 4.78 is 0. The summed E-state index contributed by atoms with van der Waals surface area (Å²) in [4.78, 5) is 14.1. The molecule has 0 saturated carbocycles. The third kappa shape index (κ3) is 2.85. The molecular formula is C13H22N2O. The van der Waals surface area contributed by atoms with Gasteiger partial charge in [0.2, 0.25) is 5.91 Å². The lowest BCUT2D eigenvalue weighted by Crippen LogP contribution is -2.31. The van der Waals surface area contributed by atoms with Gasteiger partial charge in [0.25, 0.3) is 0 Å². The van der Waals surface area contributed by atoms with Crippen LogP contribution in [0.2, 0.25) is 0 Å². The first kappa shape index (κ1) is 11.6. The van der Waals surface area contributed by atoms with E-state index in [9.17, 15) is 4.79 Å². The molecule has 2 atom stereocenters. The highest BCUT2D eigenvalue weighted by atomic mass is 16.2. The summed E-state index contributed by atoms with van der Waals surface area (Å²) in [5, 5.41) is 3.19. The van der Waals surface area contributed by atoms with E-state index < -0.39 is 0 Å². The van der Waals surface area contributed by atoms with Crippen molar-refractivity contribution in [2.45, 2.75) is 25.7 Å². The minimum atomic E-state index is 0.357. The van der Waals surface area contributed by atoms with Gasteiger partial charge in [-0.15, -0.1) is 0 Å². The zero-order chi connectivity index (χ0) is 11.4. The molecule has 0 radical (unpaired) electrons. The molecule has 0 aromatic carbocycles. The minimum Gasteiger partial charge on any atom is -0.342 e. The number of hydrogen-bond donors (Lipinski definition) is 1. The molecule has 90 valence electrons. The molecule has 1 saturated heterocycles. The van der Waals surface area contributed by atoms with Crippen molar-refractivity contribution < 1.29 is 4.79 Å². The van der Waals surface area contributed by atoms with Crippen LogP contribution in [-0.2, 0) is 4.79 Å². The maximum Gasteiger partial charge on any atom is 0.223 e. The molecule has 1 amide bonds. The lowest BCUT2D eigenvalue weighted by Gasteiger charge is -2.18. The normalized spacial score (nSPS) is 28.9. The lowest BCUT2D eigenvalue weighted by molar-refractivity contribution is -0.130. The molecule has 1 N–H and O–H groups in total. The maximum atomic E-state index is 12.0. The summed E-state index contributed by atoms with van der Waals surface area (Å²) in [6.07, 6.45) is 8.61. The summed E-state index contributed by atoms with van der Waals surface area (Å²) in [6, 6.07) is 0. The van der Waals surface area contributed by atoms with Crippen LogP contribution in [0, 0.1) is 11.8 Å². The van der Waals surface area contributed by atoms with Gasteiger partial charge in [-0.1, -0.05) is 12.2 Å². The summed E-state index contributed by atoms with van der Waals surface area (Å²) in [5.41, 5.74) is 0. The van der Waals surface area contributed by atoms with Crippen LogP contribution in [0.25, 0.3) is 0 Å². The molecule has 1 aliphatic heterocycles. The fourth-order valence-corrected chi connectivity index (χ4v) is 2.73. The fourth-order valence-electron chi connectivity index (χ4n) is 2.73. The summed E-state index contributed by atoms with van der Waals surface area (Å²) >= 11 is 0. The molecule has 2 unspecified atom stereocenters. The van der Waals surface area contributed by atoms with Crippen molar-refractivity contribution in [2.24, 2.45) is 11.8 Å². The number of hydrogen-bond acceptors (Lipinski definition) is 2. The van der Waals surface area contributed by atoms with Crippen molar-refractivity contribution in [3.05, 3.63) is 12.2 Å². The Labute approximate surface area is 97.9 Å². The molecule has 2 aliphatic rings. The van der Waals surface area contributed by atoms with Crippen LogP contribution in [0.15, 0.2) is 12.2 Å². The quantitative estimate of drug-likeness (QED) is 0.729. The average Bonchev–Trinajstić information content (AvgIpc) is 2.89. The van der Waals surface area contributed by atoms with Gasteiger partial charge in [0.15, 0.2) is 0 Å². The number of rotatable bonds is 4. The van der Waals surface area contributed by atoms with Crippen LogP contribution in [-0.4, -0.2) is 37.5 Å². The predicted octanol–water partition coefficient (Wildman–Crippen LogP) is 1.41. The molecule has 3 heteroatoms. The van der Waals surface area contributed by atoms with Gasteiger partial charge < -0.3 is 10.2 Å². The van der Waals surface area contributed by atoms with Gasteiger partial charge in [0.1, 0.15) is 0 Å². The molecule has 0 aromatic rings. The first-order valence-corrected chi connectivity index (χ1v) is 6.38. The number of carbonyl (C=O) groups excluding carboxylic acids is 1. The SMILES string of the molecule is CNCC1CCN(C(=O)CC2C=CCC2)C1. The van der Waals surface area contributed by atoms with E-state index in [0.717, 1.165) is 38.9 Å². The highest BCUT2D eigenvalue weighted by Crippen LogP contribution is 2.23. The Balaban J connectivity index is 1.75. The highest BCUT2D eigenvalue weighted by molar-refractivity contribution is 5.77. The average molecular weight is 222 g/mol. The van der Waals surface area contributed by atoms with Crippen LogP contribution < -0.4 is 5.32 Å². The molecule has 3 nitrogen and oxygen atoms in total. The predicted molar refractivity (Wildman–Crippen MR) is 65.1 cm³/mol. The van der Waals surface area contributed by atoms with Crippen molar-refractivity contribution in [1.82, 2.24) is 10.2 Å². The van der Waals surface area contributed by atoms with Gasteiger partial charge in [-0.05, 0) is 44.7 Å². The number of nitrogens with zero attached hydrogens (tertiary/aromatic N) is 1. The second kappa shape index (κ2) is 5.48. The monoisotopic (exact) mass is 222 g/mol. The molecule has 16 heavy (non-hydrogen) atoms. The molecule has 0 spiro atoms. The van der Waals surface area contributed by atoms with Crippen LogP contribution in [0.3, 0.4) is 0 Å². The van der Waals surface area contributed by atoms with Crippen molar-refractivity contribution in [2.75, 3.05) is 26.7 Å². The topological polar surface area (TPSA) is 32.3 Å². The second-order valence-electron chi connectivity index (χ2n) is 5.02. The van der Waals surface area contributed by atoms with Crippen LogP contribution in [0.1, 0.15) is 25.7 Å². The van der Waals surface area contributed by atoms with E-state index in [1.807, 2.05) is 11.9 Å². The van der Waals surface area contributed by atoms with E-state index in [4.69, 9.17) is 0 Å². The Bertz CT molecular complexity index is 275. The molecular weight excluding hydrogens is 200 g/mol. The molecule has 1 aliphatic carbocycles. The van der Waals surface area contributed by atoms with E-state index in [2.05, 4.69) is 17.5 Å². The first-order valence-electron chi connectivity index (χ1n) is 6.38. The van der Waals surface area contributed by atoms with Crippen LogP contribution in [0.5, 0.6) is 0 Å². The number of likely N-dealkylation sites (tertiary alicyclic amines) is 1. The molecule has 1 fully saturated rings. The minimum absolute atomic E-state index is 0.357. The van der Waals surface area contributed by atoms with Crippen LogP contribution >= 0.6 is 0 Å². The smallest absolute Gasteiger partial charge is 0.223 e. The number of allylic oxidation sites excluding steroid dienone is 2. The molecule has 2 rings (SSSR count). The molecule has 1 heterocycles. The highest BCUT2D eigenvalue weighted by Gasteiger charge is 2.26. The van der Waals surface area contributed by atoms with E-state index in [0.29, 0.717) is 17.7 Å². The van der Waals surface area contributed by atoms with Gasteiger partial charge >= 0.3 is 0 Å². The lowest BCUT2D eigenvalue weighted by atomic mass is 10.0. The van der Waals surface area contributed by atoms with Gasteiger partial charge in [0.05, 0.1) is 0 Å². The maximum absolute atomic E-state index is 12.0. The number of nitrogens with one attached hydrogen (secondary N) is 1. The largest absolute Gasteiger partial charge is 0.342 e. The van der Waals surface area contributed by atoms with Gasteiger partial charge in [-0.3, -0.25) is 4.79 Å². The first-order chi connectivity index (χ1) is 7.79. The summed E-state index contributed by atoms with van der Waals surface area (Å²) in [5.74, 6) is 1.53. The van der Waals surface area contributed by atoms with Gasteiger partial charge in [-0.25, -0.2) is 0 Å². The van der Waals surface area contributed by atoms with Crippen molar-refractivity contribution in [3.8, 4) is 0 Å². The Morgan fingerprint density at radius 3 is 3.06 bits per heavy atom. The van der Waals surface area contributed by atoms with E-state index >= 15 is 0 Å². The second-order valence-corrected chi connectivity index (χ2v) is 5.02. The zero-order valence-electron chi connectivity index (χ0n) is 10.1. The van der Waals surface area contributed by atoms with E-state index in [1.165, 1.54) is 6.42 Å². The summed E-state index contributed by atoms with van der Waals surface area (Å²) in [6.45, 7) is 2.95. The van der Waals surface area contributed by atoms with Crippen LogP contribution in [0.4, 0.5) is 0 Å². The Kier molecular flexibility index (Phi) is 3.99. The third-order valence-corrected chi connectivity index (χ3v) is 3.68. The zero-order valence-corrected chi connectivity index (χ0v) is 10.1. The van der Waals surface area contributed by atoms with Gasteiger partial charge in [-0.2, -0.15) is 0 Å². The van der Waals surface area contributed by atoms with Crippen molar-refractivity contribution in [3.63, 3.8) is 0 Å². The Morgan fingerprint density at radius 1 is 1.50 bits per heavy atom.